The minimum Gasteiger partial charge on any atom is -0.493 e. The van der Waals surface area contributed by atoms with Crippen LogP contribution >= 0.6 is 0 Å². The maximum Gasteiger partial charge on any atom is 0.310 e. The number of nitrogens with one attached hydrogen (secondary N) is 1. The van der Waals surface area contributed by atoms with Crippen LogP contribution in [-0.4, -0.2) is 31.8 Å². The number of methoxy groups -OCH3 is 2. The number of aliphatic carboxylic acids is 1. The van der Waals surface area contributed by atoms with E-state index < -0.39 is 11.4 Å². The summed E-state index contributed by atoms with van der Waals surface area (Å²) >= 11 is 0. The second kappa shape index (κ2) is 6.43. The summed E-state index contributed by atoms with van der Waals surface area (Å²) in [5.41, 5.74) is 0.232. The van der Waals surface area contributed by atoms with Crippen molar-refractivity contribution in [2.75, 3.05) is 20.8 Å². The molecule has 1 aromatic rings. The van der Waals surface area contributed by atoms with Gasteiger partial charge in [-0.15, -0.1) is 0 Å². The predicted octanol–water partition coefficient (Wildman–Crippen LogP) is 1.90. The van der Waals surface area contributed by atoms with Gasteiger partial charge >= 0.3 is 5.97 Å². The van der Waals surface area contributed by atoms with Gasteiger partial charge in [0.1, 0.15) is 0 Å². The Morgan fingerprint density at radius 1 is 1.26 bits per heavy atom. The molecule has 0 aliphatic carbocycles. The van der Waals surface area contributed by atoms with Crippen molar-refractivity contribution in [1.29, 1.82) is 0 Å². The Labute approximate surface area is 113 Å². The second-order valence-corrected chi connectivity index (χ2v) is 4.98. The first-order valence-corrected chi connectivity index (χ1v) is 6.05. The third-order valence-corrected chi connectivity index (χ3v) is 2.92. The van der Waals surface area contributed by atoms with Crippen LogP contribution < -0.4 is 14.8 Å². The highest BCUT2D eigenvalue weighted by molar-refractivity contribution is 5.73. The molecule has 0 spiro atoms. The molecule has 0 heterocycles. The molecule has 0 aliphatic rings. The molecule has 0 aromatic heterocycles. The summed E-state index contributed by atoms with van der Waals surface area (Å²) in [5.74, 6) is 0.531. The number of hydrogen-bond donors (Lipinski definition) is 2. The SMILES string of the molecule is COc1ccc(CNCC(C)(C)C(=O)O)cc1OC. The summed E-state index contributed by atoms with van der Waals surface area (Å²) in [6.07, 6.45) is 0. The van der Waals surface area contributed by atoms with Crippen LogP contribution in [0.15, 0.2) is 18.2 Å². The molecule has 19 heavy (non-hydrogen) atoms. The average Bonchev–Trinajstić information content (AvgIpc) is 2.38. The minimum absolute atomic E-state index is 0.399. The molecule has 1 aromatic carbocycles. The lowest BCUT2D eigenvalue weighted by atomic mass is 9.94. The minimum atomic E-state index is -0.813. The zero-order chi connectivity index (χ0) is 14.5. The molecule has 0 amide bonds. The molecule has 2 N–H and O–H groups in total. The van der Waals surface area contributed by atoms with E-state index in [-0.39, 0.29) is 0 Å². The predicted molar refractivity (Wildman–Crippen MR) is 72.7 cm³/mol. The molecule has 0 fully saturated rings. The molecular formula is C14H21NO4. The summed E-state index contributed by atoms with van der Waals surface area (Å²) in [4.78, 5) is 11.0. The fraction of sp³-hybridized carbons (Fsp3) is 0.500. The molecule has 106 valence electrons. The van der Waals surface area contributed by atoms with Gasteiger partial charge in [0.25, 0.3) is 0 Å². The van der Waals surface area contributed by atoms with Gasteiger partial charge in [0.05, 0.1) is 19.6 Å². The molecule has 0 bridgehead atoms. The fourth-order valence-corrected chi connectivity index (χ4v) is 1.59. The standard InChI is InChI=1S/C14H21NO4/c1-14(2,13(16)17)9-15-8-10-5-6-11(18-3)12(7-10)19-4/h5-7,15H,8-9H2,1-4H3,(H,16,17). The number of carboxylic acid groups (broad SMARTS) is 1. The van der Waals surface area contributed by atoms with E-state index in [0.29, 0.717) is 24.6 Å². The van der Waals surface area contributed by atoms with Crippen molar-refractivity contribution >= 4 is 5.97 Å². The van der Waals surface area contributed by atoms with Crippen molar-refractivity contribution in [3.05, 3.63) is 23.8 Å². The van der Waals surface area contributed by atoms with Gasteiger partial charge < -0.3 is 19.9 Å². The molecule has 0 unspecified atom stereocenters. The zero-order valence-electron chi connectivity index (χ0n) is 11.8. The number of carbonyl (C=O) groups is 1. The Balaban J connectivity index is 2.61. The van der Waals surface area contributed by atoms with Gasteiger partial charge in [-0.1, -0.05) is 6.07 Å². The summed E-state index contributed by atoms with van der Waals surface area (Å²) in [7, 11) is 3.17. The normalized spacial score (nSPS) is 11.2. The van der Waals surface area contributed by atoms with Crippen LogP contribution in [0.4, 0.5) is 0 Å². The highest BCUT2D eigenvalue weighted by Gasteiger charge is 2.26. The van der Waals surface area contributed by atoms with E-state index in [1.165, 1.54) is 0 Å². The summed E-state index contributed by atoms with van der Waals surface area (Å²) in [6.45, 7) is 4.36. The van der Waals surface area contributed by atoms with Crippen LogP contribution in [-0.2, 0) is 11.3 Å². The highest BCUT2D eigenvalue weighted by Crippen LogP contribution is 2.27. The fourth-order valence-electron chi connectivity index (χ4n) is 1.59. The van der Waals surface area contributed by atoms with Crippen molar-refractivity contribution in [1.82, 2.24) is 5.32 Å². The van der Waals surface area contributed by atoms with E-state index in [9.17, 15) is 4.79 Å². The number of carboxylic acids is 1. The van der Waals surface area contributed by atoms with E-state index >= 15 is 0 Å². The zero-order valence-corrected chi connectivity index (χ0v) is 11.8. The molecule has 0 radical (unpaired) electrons. The Bertz CT molecular complexity index is 443. The monoisotopic (exact) mass is 267 g/mol. The summed E-state index contributed by atoms with van der Waals surface area (Å²) < 4.78 is 10.4. The van der Waals surface area contributed by atoms with Crippen molar-refractivity contribution < 1.29 is 19.4 Å². The van der Waals surface area contributed by atoms with Crippen LogP contribution in [0.25, 0.3) is 0 Å². The Hall–Kier alpha value is -1.75. The third-order valence-electron chi connectivity index (χ3n) is 2.92. The first-order chi connectivity index (χ1) is 8.90. The maximum atomic E-state index is 11.0. The van der Waals surface area contributed by atoms with Crippen molar-refractivity contribution in [2.24, 2.45) is 5.41 Å². The number of ether oxygens (including phenoxy) is 2. The van der Waals surface area contributed by atoms with Crippen LogP contribution in [0.3, 0.4) is 0 Å². The number of benzene rings is 1. The number of hydrogen-bond acceptors (Lipinski definition) is 4. The maximum absolute atomic E-state index is 11.0. The molecular weight excluding hydrogens is 246 g/mol. The van der Waals surface area contributed by atoms with E-state index in [0.717, 1.165) is 5.56 Å². The van der Waals surface area contributed by atoms with Crippen molar-refractivity contribution in [3.63, 3.8) is 0 Å². The lowest BCUT2D eigenvalue weighted by Crippen LogP contribution is -2.35. The van der Waals surface area contributed by atoms with E-state index in [1.807, 2.05) is 18.2 Å². The van der Waals surface area contributed by atoms with Crippen LogP contribution in [0.5, 0.6) is 11.5 Å². The van der Waals surface area contributed by atoms with Gasteiger partial charge in [-0.2, -0.15) is 0 Å². The van der Waals surface area contributed by atoms with Gasteiger partial charge in [-0.05, 0) is 31.5 Å². The largest absolute Gasteiger partial charge is 0.493 e. The van der Waals surface area contributed by atoms with Gasteiger partial charge in [-0.25, -0.2) is 0 Å². The van der Waals surface area contributed by atoms with Crippen molar-refractivity contribution in [3.8, 4) is 11.5 Å². The quantitative estimate of drug-likeness (QED) is 0.789. The van der Waals surface area contributed by atoms with Crippen LogP contribution in [0.2, 0.25) is 0 Å². The van der Waals surface area contributed by atoms with E-state index in [4.69, 9.17) is 14.6 Å². The van der Waals surface area contributed by atoms with Gasteiger partial charge in [0, 0.05) is 13.1 Å². The molecule has 5 heteroatoms. The molecule has 0 atom stereocenters. The molecule has 0 saturated heterocycles. The van der Waals surface area contributed by atoms with Gasteiger partial charge in [-0.3, -0.25) is 4.79 Å². The van der Waals surface area contributed by atoms with Crippen LogP contribution in [0.1, 0.15) is 19.4 Å². The van der Waals surface area contributed by atoms with Crippen molar-refractivity contribution in [2.45, 2.75) is 20.4 Å². The second-order valence-electron chi connectivity index (χ2n) is 4.98. The van der Waals surface area contributed by atoms with Gasteiger partial charge in [0.2, 0.25) is 0 Å². The summed E-state index contributed by atoms with van der Waals surface area (Å²) in [5, 5.41) is 12.1. The Kier molecular flexibility index (Phi) is 5.18. The highest BCUT2D eigenvalue weighted by atomic mass is 16.5. The van der Waals surface area contributed by atoms with E-state index in [2.05, 4.69) is 5.32 Å². The number of rotatable bonds is 7. The summed E-state index contributed by atoms with van der Waals surface area (Å²) in [6, 6.07) is 5.62. The molecule has 5 nitrogen and oxygen atoms in total. The first kappa shape index (κ1) is 15.3. The lowest BCUT2D eigenvalue weighted by molar-refractivity contribution is -0.146. The average molecular weight is 267 g/mol. The van der Waals surface area contributed by atoms with Gasteiger partial charge in [0.15, 0.2) is 11.5 Å². The molecule has 1 rings (SSSR count). The topological polar surface area (TPSA) is 67.8 Å². The van der Waals surface area contributed by atoms with E-state index in [1.54, 1.807) is 28.1 Å². The smallest absolute Gasteiger partial charge is 0.310 e. The molecule has 0 aliphatic heterocycles. The molecule has 0 saturated carbocycles. The lowest BCUT2D eigenvalue weighted by Gasteiger charge is -2.19. The third kappa shape index (κ3) is 4.13. The Morgan fingerprint density at radius 2 is 1.89 bits per heavy atom. The van der Waals surface area contributed by atoms with Crippen LogP contribution in [0, 0.1) is 5.41 Å². The first-order valence-electron chi connectivity index (χ1n) is 6.05. The Morgan fingerprint density at radius 3 is 2.42 bits per heavy atom.